The van der Waals surface area contributed by atoms with E-state index in [4.69, 9.17) is 10.3 Å². The number of thiophene rings is 1. The van der Waals surface area contributed by atoms with Gasteiger partial charge in [0.1, 0.15) is 0 Å². The van der Waals surface area contributed by atoms with Gasteiger partial charge in [-0.2, -0.15) is 0 Å². The zero-order valence-electron chi connectivity index (χ0n) is 15.5. The molecule has 1 fully saturated rings. The van der Waals surface area contributed by atoms with Crippen LogP contribution in [0.3, 0.4) is 0 Å². The van der Waals surface area contributed by atoms with E-state index in [9.17, 15) is 9.69 Å². The summed E-state index contributed by atoms with van der Waals surface area (Å²) in [5.41, 5.74) is 9.72. The highest BCUT2D eigenvalue weighted by molar-refractivity contribution is 7.65. The van der Waals surface area contributed by atoms with E-state index in [1.165, 1.54) is 0 Å². The average molecular weight is 413 g/mol. The molecule has 5 nitrogen and oxygen atoms in total. The molecule has 1 amide bonds. The maximum atomic E-state index is 12.7. The molecule has 145 valence electrons. The van der Waals surface area contributed by atoms with Crippen molar-refractivity contribution in [1.82, 2.24) is 0 Å². The van der Waals surface area contributed by atoms with Crippen LogP contribution in [-0.2, 0) is 4.52 Å². The van der Waals surface area contributed by atoms with Crippen LogP contribution >= 0.6 is 19.1 Å². The van der Waals surface area contributed by atoms with Gasteiger partial charge in [0.15, 0.2) is 0 Å². The summed E-state index contributed by atoms with van der Waals surface area (Å²) in [6.45, 7) is 1.78. The Labute approximate surface area is 168 Å². The number of hydrogen-bond donors (Lipinski definition) is 3. The van der Waals surface area contributed by atoms with E-state index in [1.807, 2.05) is 41.8 Å². The molecule has 0 bridgehead atoms. The summed E-state index contributed by atoms with van der Waals surface area (Å²) in [5.74, 6) is -0.214. The summed E-state index contributed by atoms with van der Waals surface area (Å²) >= 11 is 1.64. The van der Waals surface area contributed by atoms with Gasteiger partial charge in [0, 0.05) is 16.6 Å². The van der Waals surface area contributed by atoms with Crippen molar-refractivity contribution in [3.8, 4) is 10.4 Å². The van der Waals surface area contributed by atoms with Crippen molar-refractivity contribution in [1.29, 1.82) is 0 Å². The van der Waals surface area contributed by atoms with E-state index in [0.29, 0.717) is 23.1 Å². The van der Waals surface area contributed by atoms with Gasteiger partial charge in [-0.05, 0) is 59.9 Å². The third-order valence-electron chi connectivity index (χ3n) is 4.81. The lowest BCUT2D eigenvalue weighted by Gasteiger charge is -2.19. The van der Waals surface area contributed by atoms with Crippen LogP contribution in [0, 0.1) is 0 Å². The predicted octanol–water partition coefficient (Wildman–Crippen LogP) is 5.18. The molecular formula is C21H22N2O3PS. The first-order valence-electron chi connectivity index (χ1n) is 9.03. The molecule has 0 aliphatic carbocycles. The highest BCUT2D eigenvalue weighted by Crippen LogP contribution is 2.62. The fourth-order valence-corrected chi connectivity index (χ4v) is 5.59. The Balaban J connectivity index is 1.49. The molecule has 1 radical (unpaired) electrons. The minimum Gasteiger partial charge on any atom is -0.397 e. The van der Waals surface area contributed by atoms with E-state index in [2.05, 4.69) is 5.32 Å². The zero-order chi connectivity index (χ0) is 19.7. The lowest BCUT2D eigenvalue weighted by Crippen LogP contribution is -2.13. The van der Waals surface area contributed by atoms with E-state index in [-0.39, 0.29) is 12.0 Å². The normalized spacial score (nSPS) is 21.6. The number of amides is 1. The van der Waals surface area contributed by atoms with Crippen LogP contribution in [0.1, 0.15) is 28.4 Å². The Kier molecular flexibility index (Phi) is 5.21. The molecule has 1 saturated heterocycles. The molecule has 4 rings (SSSR count). The van der Waals surface area contributed by atoms with Gasteiger partial charge in [0.05, 0.1) is 25.2 Å². The van der Waals surface area contributed by atoms with Crippen LogP contribution in [0.4, 0.5) is 11.4 Å². The van der Waals surface area contributed by atoms with E-state index in [1.54, 1.807) is 36.2 Å². The summed E-state index contributed by atoms with van der Waals surface area (Å²) in [5, 5.41) is 4.92. The molecule has 0 spiro atoms. The van der Waals surface area contributed by atoms with Gasteiger partial charge >= 0.3 is 0 Å². The summed E-state index contributed by atoms with van der Waals surface area (Å²) < 4.78 is 5.75. The molecule has 2 heterocycles. The Morgan fingerprint density at radius 3 is 2.68 bits per heavy atom. The van der Waals surface area contributed by atoms with Gasteiger partial charge < -0.3 is 20.5 Å². The van der Waals surface area contributed by atoms with E-state index >= 15 is 0 Å². The van der Waals surface area contributed by atoms with E-state index < -0.39 is 7.72 Å². The molecule has 1 aliphatic heterocycles. The van der Waals surface area contributed by atoms with Crippen molar-refractivity contribution in [3.63, 3.8) is 0 Å². The van der Waals surface area contributed by atoms with Crippen molar-refractivity contribution < 1.29 is 14.2 Å². The highest BCUT2D eigenvalue weighted by Gasteiger charge is 2.33. The van der Waals surface area contributed by atoms with Crippen LogP contribution < -0.4 is 11.1 Å². The van der Waals surface area contributed by atoms with Gasteiger partial charge in [-0.3, -0.25) is 4.79 Å². The zero-order valence-corrected chi connectivity index (χ0v) is 17.2. The maximum absolute atomic E-state index is 12.7. The molecule has 2 atom stereocenters. The van der Waals surface area contributed by atoms with Gasteiger partial charge in [-0.1, -0.05) is 24.3 Å². The molecule has 2 unspecified atom stereocenters. The Morgan fingerprint density at radius 2 is 2.04 bits per heavy atom. The van der Waals surface area contributed by atoms with Gasteiger partial charge in [0.2, 0.25) is 0 Å². The summed E-state index contributed by atoms with van der Waals surface area (Å²) in [7, 11) is -2.22. The van der Waals surface area contributed by atoms with Crippen LogP contribution in [0.2, 0.25) is 0 Å². The lowest BCUT2D eigenvalue weighted by atomic mass is 10.0. The first kappa shape index (κ1) is 19.1. The third kappa shape index (κ3) is 4.10. The molecular weight excluding hydrogens is 391 g/mol. The summed E-state index contributed by atoms with van der Waals surface area (Å²) in [4.78, 5) is 23.9. The number of rotatable bonds is 4. The van der Waals surface area contributed by atoms with Crippen molar-refractivity contribution in [3.05, 3.63) is 71.1 Å². The van der Waals surface area contributed by atoms with Crippen LogP contribution in [-0.4, -0.2) is 23.6 Å². The average Bonchev–Trinajstić information content (AvgIpc) is 3.33. The minimum atomic E-state index is -2.22. The Hall–Kier alpha value is -2.24. The number of hydrogen-bond acceptors (Lipinski definition) is 5. The van der Waals surface area contributed by atoms with Crippen molar-refractivity contribution in [2.75, 3.05) is 23.9 Å². The number of nitrogens with two attached hydrogens (primary N) is 1. The monoisotopic (exact) mass is 413 g/mol. The second-order valence-electron chi connectivity index (χ2n) is 7.01. The summed E-state index contributed by atoms with van der Waals surface area (Å²) in [6.07, 6.45) is 1.41. The Morgan fingerprint density at radius 1 is 1.25 bits per heavy atom. The van der Waals surface area contributed by atoms with E-state index in [0.717, 1.165) is 22.4 Å². The number of benzene rings is 2. The molecule has 7 heteroatoms. The van der Waals surface area contributed by atoms with Gasteiger partial charge in [-0.15, -0.1) is 11.3 Å². The molecule has 0 saturated carbocycles. The second kappa shape index (κ2) is 7.64. The van der Waals surface area contributed by atoms with Gasteiger partial charge in [0.25, 0.3) is 5.91 Å². The number of nitrogens with one attached hydrogen (secondary N) is 1. The highest BCUT2D eigenvalue weighted by atomic mass is 32.1. The third-order valence-corrected chi connectivity index (χ3v) is 7.53. The second-order valence-corrected chi connectivity index (χ2v) is 10.7. The van der Waals surface area contributed by atoms with Crippen LogP contribution in [0.25, 0.3) is 10.4 Å². The van der Waals surface area contributed by atoms with Crippen molar-refractivity contribution >= 4 is 36.3 Å². The number of carbonyl (C=O) groups is 1. The number of anilines is 2. The quantitative estimate of drug-likeness (QED) is 0.406. The van der Waals surface area contributed by atoms with Crippen LogP contribution in [0.15, 0.2) is 60.0 Å². The fourth-order valence-electron chi connectivity index (χ4n) is 3.27. The van der Waals surface area contributed by atoms with Gasteiger partial charge in [-0.25, -0.2) is 0 Å². The number of nitrogen functional groups attached to an aromatic ring is 1. The molecule has 1 aromatic heterocycles. The first-order valence-corrected chi connectivity index (χ1v) is 12.2. The molecule has 1 aliphatic rings. The first-order chi connectivity index (χ1) is 13.4. The van der Waals surface area contributed by atoms with Crippen LogP contribution in [0.5, 0.6) is 0 Å². The molecule has 3 aromatic rings. The standard InChI is InChI=1S/C21H22N2O3PS/c1-27(25)11-10-19(26-27)14-4-6-15(7-5-14)21(24)23-18-13-16(8-9-17(18)22)20-3-2-12-28-20/h2-9,12-13,19,25H,10-11,22H2,1H3,(H,23,24). The fraction of sp³-hybridized carbons (Fsp3) is 0.190. The molecule has 4 N–H and O–H groups in total. The molecule has 28 heavy (non-hydrogen) atoms. The number of carbonyl (C=O) groups excluding carboxylic acids is 1. The summed E-state index contributed by atoms with van der Waals surface area (Å²) in [6, 6.07) is 17.0. The predicted molar refractivity (Wildman–Crippen MR) is 117 cm³/mol. The minimum absolute atomic E-state index is 0.0985. The topological polar surface area (TPSA) is 84.6 Å². The SMILES string of the molecule is C[P]1(O)CCC(c2ccc(C(=O)Nc3cc(-c4cccs4)ccc3N)cc2)O1. The molecule has 2 aromatic carbocycles. The smallest absolute Gasteiger partial charge is 0.255 e. The van der Waals surface area contributed by atoms with Crippen molar-refractivity contribution in [2.45, 2.75) is 12.5 Å². The maximum Gasteiger partial charge on any atom is 0.255 e. The largest absolute Gasteiger partial charge is 0.397 e. The lowest BCUT2D eigenvalue weighted by molar-refractivity contribution is 0.102. The Bertz CT molecular complexity index is 987. The van der Waals surface area contributed by atoms with Crippen molar-refractivity contribution in [2.24, 2.45) is 0 Å².